The first-order chi connectivity index (χ1) is 9.84. The zero-order valence-corrected chi connectivity index (χ0v) is 12.1. The Labute approximate surface area is 121 Å². The molecule has 1 aliphatic heterocycles. The molecule has 3 rings (SSSR count). The molecule has 2 fully saturated rings. The Balaban J connectivity index is 1.75. The molecule has 1 aromatic rings. The lowest BCUT2D eigenvalue weighted by atomic mass is 10.0. The zero-order valence-electron chi connectivity index (χ0n) is 12.1. The molecule has 0 bridgehead atoms. The summed E-state index contributed by atoms with van der Waals surface area (Å²) in [5.41, 5.74) is 1.17. The highest BCUT2D eigenvalue weighted by Crippen LogP contribution is 2.19. The third-order valence-corrected chi connectivity index (χ3v) is 4.75. The average Bonchev–Trinajstić information content (AvgIpc) is 3.14. The zero-order chi connectivity index (χ0) is 13.8. The normalized spacial score (nSPS) is 22.0. The first-order valence-corrected chi connectivity index (χ1v) is 8.04. The summed E-state index contributed by atoms with van der Waals surface area (Å²) in [4.78, 5) is 14.2. The molecular formula is C17H25N2O+. The van der Waals surface area contributed by atoms with E-state index in [9.17, 15) is 4.79 Å². The second-order valence-corrected chi connectivity index (χ2v) is 6.20. The van der Waals surface area contributed by atoms with Crippen LogP contribution in [0.1, 0.15) is 50.1 Å². The molecule has 20 heavy (non-hydrogen) atoms. The van der Waals surface area contributed by atoms with E-state index in [0.717, 1.165) is 25.9 Å². The van der Waals surface area contributed by atoms with Crippen molar-refractivity contribution in [2.45, 2.75) is 50.6 Å². The molecule has 3 heteroatoms. The monoisotopic (exact) mass is 273 g/mol. The number of hydrogen-bond donors (Lipinski definition) is 2. The third kappa shape index (κ3) is 3.04. The SMILES string of the molecule is O=C(NC1CCCC1)C(c1ccccc1)[NH+]1CCCC1. The van der Waals surface area contributed by atoms with E-state index in [1.807, 2.05) is 18.2 Å². The largest absolute Gasteiger partial charge is 0.348 e. The van der Waals surface area contributed by atoms with Crippen molar-refractivity contribution in [1.82, 2.24) is 5.32 Å². The maximum absolute atomic E-state index is 12.8. The molecule has 1 amide bonds. The van der Waals surface area contributed by atoms with Gasteiger partial charge in [0.25, 0.3) is 5.91 Å². The summed E-state index contributed by atoms with van der Waals surface area (Å²) >= 11 is 0. The van der Waals surface area contributed by atoms with Crippen LogP contribution in [0, 0.1) is 0 Å². The molecule has 1 saturated heterocycles. The predicted octanol–water partition coefficient (Wildman–Crippen LogP) is 1.47. The highest BCUT2D eigenvalue weighted by Gasteiger charge is 2.34. The molecule has 1 heterocycles. The molecule has 1 saturated carbocycles. The van der Waals surface area contributed by atoms with Gasteiger partial charge in [-0.15, -0.1) is 0 Å². The summed E-state index contributed by atoms with van der Waals surface area (Å²) in [6, 6.07) is 10.7. The van der Waals surface area contributed by atoms with Gasteiger partial charge in [-0.3, -0.25) is 4.79 Å². The molecule has 0 spiro atoms. The smallest absolute Gasteiger partial charge is 0.283 e. The Morgan fingerprint density at radius 1 is 1.05 bits per heavy atom. The quantitative estimate of drug-likeness (QED) is 0.856. The van der Waals surface area contributed by atoms with Gasteiger partial charge in [-0.2, -0.15) is 0 Å². The molecular weight excluding hydrogens is 248 g/mol. The van der Waals surface area contributed by atoms with Crippen LogP contribution in [-0.4, -0.2) is 25.0 Å². The van der Waals surface area contributed by atoms with Gasteiger partial charge in [0.2, 0.25) is 0 Å². The molecule has 0 radical (unpaired) electrons. The molecule has 2 N–H and O–H groups in total. The predicted molar refractivity (Wildman–Crippen MR) is 79.5 cm³/mol. The fourth-order valence-corrected chi connectivity index (χ4v) is 3.69. The first-order valence-electron chi connectivity index (χ1n) is 8.04. The molecule has 108 valence electrons. The van der Waals surface area contributed by atoms with Gasteiger partial charge in [0.05, 0.1) is 13.1 Å². The van der Waals surface area contributed by atoms with Crippen LogP contribution in [0.5, 0.6) is 0 Å². The number of carbonyl (C=O) groups excluding carboxylic acids is 1. The van der Waals surface area contributed by atoms with E-state index in [0.29, 0.717) is 6.04 Å². The minimum absolute atomic E-state index is 0.0145. The number of carbonyl (C=O) groups is 1. The molecule has 1 unspecified atom stereocenters. The van der Waals surface area contributed by atoms with Gasteiger partial charge in [-0.1, -0.05) is 43.2 Å². The van der Waals surface area contributed by atoms with Crippen molar-refractivity contribution in [2.75, 3.05) is 13.1 Å². The van der Waals surface area contributed by atoms with Gasteiger partial charge >= 0.3 is 0 Å². The Hall–Kier alpha value is -1.35. The fraction of sp³-hybridized carbons (Fsp3) is 0.588. The number of benzene rings is 1. The molecule has 1 atom stereocenters. The van der Waals surface area contributed by atoms with Gasteiger partial charge in [0, 0.05) is 24.4 Å². The number of quaternary nitrogens is 1. The summed E-state index contributed by atoms with van der Waals surface area (Å²) in [7, 11) is 0. The van der Waals surface area contributed by atoms with Crippen molar-refractivity contribution in [3.8, 4) is 0 Å². The lowest BCUT2D eigenvalue weighted by Crippen LogP contribution is -3.11. The molecule has 0 aromatic heterocycles. The van der Waals surface area contributed by atoms with Gasteiger partial charge in [-0.25, -0.2) is 0 Å². The van der Waals surface area contributed by atoms with Crippen molar-refractivity contribution >= 4 is 5.91 Å². The summed E-state index contributed by atoms with van der Waals surface area (Å²) < 4.78 is 0. The number of nitrogens with one attached hydrogen (secondary N) is 2. The minimum Gasteiger partial charge on any atom is -0.348 e. The van der Waals surface area contributed by atoms with E-state index in [1.165, 1.54) is 36.1 Å². The van der Waals surface area contributed by atoms with Crippen LogP contribution in [-0.2, 0) is 4.79 Å². The number of hydrogen-bond acceptors (Lipinski definition) is 1. The van der Waals surface area contributed by atoms with Gasteiger partial charge < -0.3 is 10.2 Å². The second kappa shape index (κ2) is 6.40. The molecule has 2 aliphatic rings. The summed E-state index contributed by atoms with van der Waals surface area (Å²) in [6.07, 6.45) is 7.32. The maximum Gasteiger partial charge on any atom is 0.283 e. The van der Waals surface area contributed by atoms with Gasteiger partial charge in [-0.05, 0) is 12.8 Å². The van der Waals surface area contributed by atoms with Crippen LogP contribution < -0.4 is 10.2 Å². The Morgan fingerprint density at radius 2 is 1.70 bits per heavy atom. The van der Waals surface area contributed by atoms with Gasteiger partial charge in [0.1, 0.15) is 0 Å². The lowest BCUT2D eigenvalue weighted by Gasteiger charge is -2.25. The van der Waals surface area contributed by atoms with E-state index in [2.05, 4.69) is 17.4 Å². The van der Waals surface area contributed by atoms with Gasteiger partial charge in [0.15, 0.2) is 6.04 Å². The summed E-state index contributed by atoms with van der Waals surface area (Å²) in [6.45, 7) is 2.25. The van der Waals surface area contributed by atoms with E-state index < -0.39 is 0 Å². The van der Waals surface area contributed by atoms with E-state index in [1.54, 1.807) is 0 Å². The molecule has 1 aliphatic carbocycles. The highest BCUT2D eigenvalue weighted by molar-refractivity contribution is 5.82. The second-order valence-electron chi connectivity index (χ2n) is 6.20. The average molecular weight is 273 g/mol. The fourth-order valence-electron chi connectivity index (χ4n) is 3.69. The standard InChI is InChI=1S/C17H24N2O/c20-17(18-15-10-4-5-11-15)16(19-12-6-7-13-19)14-8-2-1-3-9-14/h1-3,8-9,15-16H,4-7,10-13H2,(H,18,20)/p+1. The van der Waals surface area contributed by atoms with Crippen LogP contribution in [0.2, 0.25) is 0 Å². The lowest BCUT2D eigenvalue weighted by molar-refractivity contribution is -0.909. The maximum atomic E-state index is 12.8. The summed E-state index contributed by atoms with van der Waals surface area (Å²) in [5, 5.41) is 3.29. The van der Waals surface area contributed by atoms with Crippen LogP contribution in [0.15, 0.2) is 30.3 Å². The van der Waals surface area contributed by atoms with Crippen LogP contribution in [0.3, 0.4) is 0 Å². The van der Waals surface area contributed by atoms with Crippen LogP contribution >= 0.6 is 0 Å². The molecule has 1 aromatic carbocycles. The highest BCUT2D eigenvalue weighted by atomic mass is 16.2. The summed E-state index contributed by atoms with van der Waals surface area (Å²) in [5.74, 6) is 0.236. The van der Waals surface area contributed by atoms with E-state index in [4.69, 9.17) is 0 Å². The Kier molecular flexibility index (Phi) is 4.36. The number of likely N-dealkylation sites (tertiary alicyclic amines) is 1. The molecule has 3 nitrogen and oxygen atoms in total. The first kappa shape index (κ1) is 13.6. The third-order valence-electron chi connectivity index (χ3n) is 4.75. The number of rotatable bonds is 4. The van der Waals surface area contributed by atoms with Crippen molar-refractivity contribution < 1.29 is 9.69 Å². The topological polar surface area (TPSA) is 33.5 Å². The Bertz CT molecular complexity index is 434. The number of amides is 1. The van der Waals surface area contributed by atoms with Crippen molar-refractivity contribution in [3.63, 3.8) is 0 Å². The minimum atomic E-state index is -0.0145. The van der Waals surface area contributed by atoms with Crippen LogP contribution in [0.4, 0.5) is 0 Å². The van der Waals surface area contributed by atoms with Crippen molar-refractivity contribution in [3.05, 3.63) is 35.9 Å². The Morgan fingerprint density at radius 3 is 2.35 bits per heavy atom. The van der Waals surface area contributed by atoms with E-state index >= 15 is 0 Å². The van der Waals surface area contributed by atoms with E-state index in [-0.39, 0.29) is 11.9 Å². The van der Waals surface area contributed by atoms with Crippen molar-refractivity contribution in [2.24, 2.45) is 0 Å². The van der Waals surface area contributed by atoms with Crippen LogP contribution in [0.25, 0.3) is 0 Å². The van der Waals surface area contributed by atoms with Crippen molar-refractivity contribution in [1.29, 1.82) is 0 Å².